The van der Waals surface area contributed by atoms with Crippen molar-refractivity contribution in [1.82, 2.24) is 0 Å². The van der Waals surface area contributed by atoms with Crippen LogP contribution in [0.4, 0.5) is 10.1 Å². The molecule has 0 spiro atoms. The van der Waals surface area contributed by atoms with Crippen molar-refractivity contribution in [3.05, 3.63) is 52.1 Å². The first-order chi connectivity index (χ1) is 11.5. The normalized spacial score (nSPS) is 17.2. The van der Waals surface area contributed by atoms with Crippen LogP contribution in [0.15, 0.2) is 39.7 Å². The van der Waals surface area contributed by atoms with Gasteiger partial charge in [-0.2, -0.15) is 0 Å². The van der Waals surface area contributed by atoms with Crippen LogP contribution in [0.5, 0.6) is 0 Å². The first kappa shape index (κ1) is 16.2. The lowest BCUT2D eigenvalue weighted by atomic mass is 10.1. The van der Waals surface area contributed by atoms with E-state index < -0.39 is 22.8 Å². The van der Waals surface area contributed by atoms with Gasteiger partial charge in [0.25, 0.3) is 0 Å². The van der Waals surface area contributed by atoms with Gasteiger partial charge in [0, 0.05) is 31.8 Å². The molecule has 24 heavy (non-hydrogen) atoms. The van der Waals surface area contributed by atoms with E-state index in [1.165, 1.54) is 6.07 Å². The maximum Gasteiger partial charge on any atom is 0.342 e. The van der Waals surface area contributed by atoms with Gasteiger partial charge >= 0.3 is 5.97 Å². The standard InChI is InChI=1S/C17H16FNO5/c1-23-11-4-5-19(8-11)14-3-2-10(6-13(14)18)16-7-15(20)12(9-24-16)17(21)22/h2-3,6-7,9,11H,4-5,8H2,1H3,(H,21,22)/t11-/m1/s1. The molecule has 7 heteroatoms. The molecule has 0 aliphatic carbocycles. The third-order valence-electron chi connectivity index (χ3n) is 4.11. The second-order valence-electron chi connectivity index (χ2n) is 5.59. The van der Waals surface area contributed by atoms with E-state index in [0.29, 0.717) is 24.3 Å². The van der Waals surface area contributed by atoms with Gasteiger partial charge in [-0.05, 0) is 24.6 Å². The van der Waals surface area contributed by atoms with E-state index in [-0.39, 0.29) is 11.9 Å². The Balaban J connectivity index is 1.89. The van der Waals surface area contributed by atoms with E-state index in [9.17, 15) is 14.0 Å². The number of anilines is 1. The van der Waals surface area contributed by atoms with Gasteiger partial charge in [-0.1, -0.05) is 0 Å². The molecule has 6 nitrogen and oxygen atoms in total. The minimum absolute atomic E-state index is 0.0886. The molecule has 0 saturated carbocycles. The predicted molar refractivity (Wildman–Crippen MR) is 85.0 cm³/mol. The SMILES string of the molecule is CO[C@@H]1CCN(c2ccc(-c3cc(=O)c(C(=O)O)co3)cc2F)C1. The molecule has 1 aromatic heterocycles. The minimum atomic E-state index is -1.36. The number of rotatable bonds is 4. The van der Waals surface area contributed by atoms with Crippen molar-refractivity contribution in [2.24, 2.45) is 0 Å². The average molecular weight is 333 g/mol. The molecule has 0 bridgehead atoms. The third-order valence-corrected chi connectivity index (χ3v) is 4.11. The summed E-state index contributed by atoms with van der Waals surface area (Å²) in [5, 5.41) is 8.83. The highest BCUT2D eigenvalue weighted by atomic mass is 19.1. The topological polar surface area (TPSA) is 80.0 Å². The average Bonchev–Trinajstić information content (AvgIpc) is 3.03. The van der Waals surface area contributed by atoms with E-state index in [1.807, 2.05) is 4.90 Å². The molecule has 0 amide bonds. The molecule has 1 saturated heterocycles. The Labute approximate surface area is 137 Å². The maximum atomic E-state index is 14.4. The summed E-state index contributed by atoms with van der Waals surface area (Å²) in [4.78, 5) is 24.5. The minimum Gasteiger partial charge on any atom is -0.477 e. The zero-order chi connectivity index (χ0) is 17.3. The number of carboxylic acid groups (broad SMARTS) is 1. The molecule has 1 fully saturated rings. The molecule has 3 rings (SSSR count). The number of carbonyl (C=O) groups is 1. The second kappa shape index (κ2) is 6.45. The summed E-state index contributed by atoms with van der Waals surface area (Å²) < 4.78 is 24.9. The van der Waals surface area contributed by atoms with Crippen LogP contribution in [0.3, 0.4) is 0 Å². The lowest BCUT2D eigenvalue weighted by molar-refractivity contribution is 0.0693. The highest BCUT2D eigenvalue weighted by Crippen LogP contribution is 2.28. The summed E-state index contributed by atoms with van der Waals surface area (Å²) in [5.74, 6) is -1.68. The van der Waals surface area contributed by atoms with Crippen LogP contribution in [0.2, 0.25) is 0 Å². The molecule has 0 unspecified atom stereocenters. The second-order valence-corrected chi connectivity index (χ2v) is 5.59. The highest BCUT2D eigenvalue weighted by molar-refractivity contribution is 5.87. The molecule has 1 atom stereocenters. The van der Waals surface area contributed by atoms with E-state index in [4.69, 9.17) is 14.3 Å². The number of carboxylic acids is 1. The van der Waals surface area contributed by atoms with Gasteiger partial charge in [0.15, 0.2) is 5.43 Å². The monoisotopic (exact) mass is 333 g/mol. The van der Waals surface area contributed by atoms with Crippen LogP contribution in [0.1, 0.15) is 16.8 Å². The lowest BCUT2D eigenvalue weighted by Crippen LogP contribution is -2.23. The molecular formula is C17H16FNO5. The van der Waals surface area contributed by atoms with E-state index in [0.717, 1.165) is 18.8 Å². The van der Waals surface area contributed by atoms with E-state index in [2.05, 4.69) is 0 Å². The Morgan fingerprint density at radius 3 is 2.79 bits per heavy atom. The van der Waals surface area contributed by atoms with Gasteiger partial charge in [0.2, 0.25) is 0 Å². The summed E-state index contributed by atoms with van der Waals surface area (Å²) in [6.07, 6.45) is 1.80. The van der Waals surface area contributed by atoms with Gasteiger partial charge in [-0.15, -0.1) is 0 Å². The zero-order valence-electron chi connectivity index (χ0n) is 13.0. The molecule has 1 aliphatic rings. The Bertz CT molecular complexity index is 832. The number of ether oxygens (including phenoxy) is 1. The van der Waals surface area contributed by atoms with Crippen molar-refractivity contribution in [2.45, 2.75) is 12.5 Å². The highest BCUT2D eigenvalue weighted by Gasteiger charge is 2.24. The van der Waals surface area contributed by atoms with Crippen molar-refractivity contribution < 1.29 is 23.4 Å². The Morgan fingerprint density at radius 2 is 2.21 bits per heavy atom. The van der Waals surface area contributed by atoms with E-state index in [1.54, 1.807) is 19.2 Å². The molecule has 0 radical (unpaired) electrons. The van der Waals surface area contributed by atoms with Crippen molar-refractivity contribution in [3.8, 4) is 11.3 Å². The summed E-state index contributed by atoms with van der Waals surface area (Å²) in [6, 6.07) is 5.58. The van der Waals surface area contributed by atoms with Crippen molar-refractivity contribution in [2.75, 3.05) is 25.1 Å². The summed E-state index contributed by atoms with van der Waals surface area (Å²) in [7, 11) is 1.64. The Morgan fingerprint density at radius 1 is 1.42 bits per heavy atom. The smallest absolute Gasteiger partial charge is 0.342 e. The van der Waals surface area contributed by atoms with Gasteiger partial charge in [0.05, 0.1) is 11.8 Å². The number of halogens is 1. The van der Waals surface area contributed by atoms with Gasteiger partial charge in [-0.25, -0.2) is 9.18 Å². The molecule has 1 aromatic carbocycles. The number of hydrogen-bond donors (Lipinski definition) is 1. The number of hydrogen-bond acceptors (Lipinski definition) is 5. The molecule has 2 aromatic rings. The van der Waals surface area contributed by atoms with Crippen molar-refractivity contribution >= 4 is 11.7 Å². The van der Waals surface area contributed by atoms with Crippen LogP contribution >= 0.6 is 0 Å². The summed E-state index contributed by atoms with van der Waals surface area (Å²) in [6.45, 7) is 1.33. The molecule has 1 aliphatic heterocycles. The number of aromatic carboxylic acids is 1. The Hall–Kier alpha value is -2.67. The number of benzene rings is 1. The first-order valence-electron chi connectivity index (χ1n) is 7.43. The van der Waals surface area contributed by atoms with Crippen LogP contribution in [0, 0.1) is 5.82 Å². The Kier molecular flexibility index (Phi) is 4.35. The molecule has 2 heterocycles. The van der Waals surface area contributed by atoms with Crippen LogP contribution in [-0.4, -0.2) is 37.4 Å². The summed E-state index contributed by atoms with van der Waals surface area (Å²) >= 11 is 0. The number of nitrogens with zero attached hydrogens (tertiary/aromatic N) is 1. The quantitative estimate of drug-likeness (QED) is 0.925. The molecule has 1 N–H and O–H groups in total. The maximum absolute atomic E-state index is 14.4. The summed E-state index contributed by atoms with van der Waals surface area (Å²) in [5.41, 5.74) is -0.315. The van der Waals surface area contributed by atoms with Crippen LogP contribution < -0.4 is 10.3 Å². The molecule has 126 valence electrons. The fraction of sp³-hybridized carbons (Fsp3) is 0.294. The lowest BCUT2D eigenvalue weighted by Gasteiger charge is -2.19. The molecular weight excluding hydrogens is 317 g/mol. The van der Waals surface area contributed by atoms with Gasteiger partial charge in [0.1, 0.15) is 23.4 Å². The van der Waals surface area contributed by atoms with Crippen molar-refractivity contribution in [1.29, 1.82) is 0 Å². The number of methoxy groups -OCH3 is 1. The third kappa shape index (κ3) is 3.03. The fourth-order valence-corrected chi connectivity index (χ4v) is 2.77. The largest absolute Gasteiger partial charge is 0.477 e. The fourth-order valence-electron chi connectivity index (χ4n) is 2.77. The van der Waals surface area contributed by atoms with Crippen molar-refractivity contribution in [3.63, 3.8) is 0 Å². The first-order valence-corrected chi connectivity index (χ1v) is 7.43. The van der Waals surface area contributed by atoms with Crippen LogP contribution in [-0.2, 0) is 4.74 Å². The van der Waals surface area contributed by atoms with Crippen LogP contribution in [0.25, 0.3) is 11.3 Å². The van der Waals surface area contributed by atoms with Gasteiger partial charge in [-0.3, -0.25) is 4.79 Å². The van der Waals surface area contributed by atoms with E-state index >= 15 is 0 Å². The zero-order valence-corrected chi connectivity index (χ0v) is 13.0. The predicted octanol–water partition coefficient (Wildman–Crippen LogP) is 2.37. The van der Waals surface area contributed by atoms with Gasteiger partial charge < -0.3 is 19.2 Å².